The Kier molecular flexibility index (Phi) is 8.66. The fourth-order valence-electron chi connectivity index (χ4n) is 3.48. The van der Waals surface area contributed by atoms with Gasteiger partial charge in [-0.05, 0) is 43.1 Å². The standard InChI is InChI=1S/C22H33FN6O2/c1-28(2)21(30)16-27-22(24-7-3-9-29-10-12-31-13-11-29)25-8-6-17-15-26-20-14-18(23)4-5-19(17)20/h4-5,14-15,26H,3,6-13,16H2,1-2H3,(H2,24,25,27). The molecule has 1 aliphatic rings. The molecule has 0 bridgehead atoms. The van der Waals surface area contributed by atoms with E-state index in [1.807, 2.05) is 6.20 Å². The molecule has 0 radical (unpaired) electrons. The van der Waals surface area contributed by atoms with Crippen LogP contribution in [0.4, 0.5) is 4.39 Å². The van der Waals surface area contributed by atoms with Crippen molar-refractivity contribution in [2.45, 2.75) is 12.8 Å². The van der Waals surface area contributed by atoms with Crippen molar-refractivity contribution >= 4 is 22.8 Å². The number of aromatic nitrogens is 1. The van der Waals surface area contributed by atoms with Gasteiger partial charge in [0.05, 0.1) is 13.2 Å². The number of guanidine groups is 1. The molecule has 0 saturated carbocycles. The van der Waals surface area contributed by atoms with Gasteiger partial charge in [0.2, 0.25) is 5.91 Å². The summed E-state index contributed by atoms with van der Waals surface area (Å²) in [6.45, 7) is 6.07. The van der Waals surface area contributed by atoms with E-state index in [4.69, 9.17) is 4.74 Å². The molecule has 1 fully saturated rings. The van der Waals surface area contributed by atoms with E-state index < -0.39 is 0 Å². The van der Waals surface area contributed by atoms with Gasteiger partial charge in [0.1, 0.15) is 12.4 Å². The average Bonchev–Trinajstić information content (AvgIpc) is 3.16. The quantitative estimate of drug-likeness (QED) is 0.315. The van der Waals surface area contributed by atoms with Gasteiger partial charge in [0.25, 0.3) is 0 Å². The number of hydrogen-bond donors (Lipinski definition) is 3. The number of nitrogens with zero attached hydrogens (tertiary/aromatic N) is 3. The summed E-state index contributed by atoms with van der Waals surface area (Å²) < 4.78 is 18.8. The molecular formula is C22H33FN6O2. The maximum absolute atomic E-state index is 13.4. The van der Waals surface area contributed by atoms with Gasteiger partial charge in [-0.15, -0.1) is 0 Å². The molecule has 3 rings (SSSR count). The maximum Gasteiger partial charge on any atom is 0.243 e. The first-order chi connectivity index (χ1) is 15.0. The molecule has 2 aromatic rings. The molecule has 1 aliphatic heterocycles. The van der Waals surface area contributed by atoms with Gasteiger partial charge in [0, 0.05) is 57.4 Å². The van der Waals surface area contributed by atoms with Crippen molar-refractivity contribution in [2.24, 2.45) is 4.99 Å². The highest BCUT2D eigenvalue weighted by Gasteiger charge is 2.10. The second-order valence-electron chi connectivity index (χ2n) is 7.87. The van der Waals surface area contributed by atoms with Crippen molar-refractivity contribution in [3.8, 4) is 0 Å². The van der Waals surface area contributed by atoms with Crippen LogP contribution in [0.25, 0.3) is 10.9 Å². The molecule has 31 heavy (non-hydrogen) atoms. The molecule has 3 N–H and O–H groups in total. The third-order valence-corrected chi connectivity index (χ3v) is 5.33. The minimum Gasteiger partial charge on any atom is -0.379 e. The highest BCUT2D eigenvalue weighted by atomic mass is 19.1. The van der Waals surface area contributed by atoms with Crippen LogP contribution in [0.3, 0.4) is 0 Å². The van der Waals surface area contributed by atoms with Crippen molar-refractivity contribution < 1.29 is 13.9 Å². The Labute approximate surface area is 182 Å². The minimum absolute atomic E-state index is 0.0481. The van der Waals surface area contributed by atoms with Crippen LogP contribution in [0.15, 0.2) is 29.4 Å². The van der Waals surface area contributed by atoms with Gasteiger partial charge >= 0.3 is 0 Å². The summed E-state index contributed by atoms with van der Waals surface area (Å²) in [5.74, 6) is 0.330. The topological polar surface area (TPSA) is 85.0 Å². The number of fused-ring (bicyclic) bond motifs is 1. The Morgan fingerprint density at radius 2 is 2.03 bits per heavy atom. The number of ether oxygens (including phenoxy) is 1. The van der Waals surface area contributed by atoms with Gasteiger partial charge in [-0.3, -0.25) is 9.69 Å². The number of rotatable bonds is 9. The predicted octanol–water partition coefficient (Wildman–Crippen LogP) is 1.20. The first-order valence-corrected chi connectivity index (χ1v) is 10.8. The average molecular weight is 433 g/mol. The van der Waals surface area contributed by atoms with E-state index in [9.17, 15) is 9.18 Å². The monoisotopic (exact) mass is 432 g/mol. The lowest BCUT2D eigenvalue weighted by atomic mass is 10.1. The molecule has 1 amide bonds. The molecule has 0 aliphatic carbocycles. The molecule has 1 saturated heterocycles. The number of H-pyrrole nitrogens is 1. The SMILES string of the molecule is CN(C)C(=O)CN=C(NCCCN1CCOCC1)NCCc1c[nH]c2cc(F)ccc12. The number of benzene rings is 1. The van der Waals surface area contributed by atoms with Crippen molar-refractivity contribution in [3.63, 3.8) is 0 Å². The molecule has 8 nitrogen and oxygen atoms in total. The zero-order valence-electron chi connectivity index (χ0n) is 18.4. The number of aromatic amines is 1. The number of amides is 1. The largest absolute Gasteiger partial charge is 0.379 e. The number of morpholine rings is 1. The Morgan fingerprint density at radius 1 is 1.26 bits per heavy atom. The van der Waals surface area contributed by atoms with E-state index in [0.717, 1.165) is 68.7 Å². The summed E-state index contributed by atoms with van der Waals surface area (Å²) in [5.41, 5.74) is 1.90. The third kappa shape index (κ3) is 7.22. The number of halogens is 1. The van der Waals surface area contributed by atoms with Gasteiger partial charge in [-0.25, -0.2) is 9.38 Å². The Bertz CT molecular complexity index is 876. The van der Waals surface area contributed by atoms with Crippen LogP contribution in [0.2, 0.25) is 0 Å². The smallest absolute Gasteiger partial charge is 0.243 e. The molecular weight excluding hydrogens is 399 g/mol. The zero-order chi connectivity index (χ0) is 22.1. The van der Waals surface area contributed by atoms with Crippen LogP contribution in [-0.2, 0) is 16.0 Å². The maximum atomic E-state index is 13.4. The number of hydrogen-bond acceptors (Lipinski definition) is 4. The summed E-state index contributed by atoms with van der Waals surface area (Å²) in [7, 11) is 3.45. The van der Waals surface area contributed by atoms with E-state index in [1.54, 1.807) is 20.2 Å². The van der Waals surface area contributed by atoms with Crippen molar-refractivity contribution in [1.82, 2.24) is 25.4 Å². The lowest BCUT2D eigenvalue weighted by Gasteiger charge is -2.26. The van der Waals surface area contributed by atoms with Crippen molar-refractivity contribution in [1.29, 1.82) is 0 Å². The van der Waals surface area contributed by atoms with Crippen LogP contribution < -0.4 is 10.6 Å². The van der Waals surface area contributed by atoms with E-state index in [0.29, 0.717) is 12.5 Å². The number of likely N-dealkylation sites (N-methyl/N-ethyl adjacent to an activating group) is 1. The number of carbonyl (C=O) groups is 1. The van der Waals surface area contributed by atoms with Crippen LogP contribution in [0.1, 0.15) is 12.0 Å². The van der Waals surface area contributed by atoms with Gasteiger partial charge < -0.3 is 25.3 Å². The van der Waals surface area contributed by atoms with Crippen molar-refractivity contribution in [2.75, 3.05) is 66.6 Å². The Hall–Kier alpha value is -2.65. The number of carbonyl (C=O) groups excluding carboxylic acids is 1. The first kappa shape index (κ1) is 23.0. The molecule has 2 heterocycles. The molecule has 170 valence electrons. The fraction of sp³-hybridized carbons (Fsp3) is 0.545. The van der Waals surface area contributed by atoms with Crippen LogP contribution in [0.5, 0.6) is 0 Å². The summed E-state index contributed by atoms with van der Waals surface area (Å²) >= 11 is 0. The minimum atomic E-state index is -0.250. The van der Waals surface area contributed by atoms with Gasteiger partial charge in [-0.1, -0.05) is 0 Å². The lowest BCUT2D eigenvalue weighted by molar-refractivity contribution is -0.127. The van der Waals surface area contributed by atoms with Crippen LogP contribution in [-0.4, -0.2) is 93.2 Å². The molecule has 9 heteroatoms. The highest BCUT2D eigenvalue weighted by molar-refractivity contribution is 5.85. The third-order valence-electron chi connectivity index (χ3n) is 5.33. The van der Waals surface area contributed by atoms with E-state index in [2.05, 4.69) is 25.5 Å². The predicted molar refractivity (Wildman–Crippen MR) is 121 cm³/mol. The van der Waals surface area contributed by atoms with E-state index in [1.165, 1.54) is 17.0 Å². The second kappa shape index (κ2) is 11.7. The normalized spacial score (nSPS) is 15.3. The summed E-state index contributed by atoms with van der Waals surface area (Å²) in [6, 6.07) is 4.77. The Morgan fingerprint density at radius 3 is 2.81 bits per heavy atom. The second-order valence-corrected chi connectivity index (χ2v) is 7.87. The van der Waals surface area contributed by atoms with Crippen LogP contribution in [0, 0.1) is 5.82 Å². The highest BCUT2D eigenvalue weighted by Crippen LogP contribution is 2.19. The number of nitrogens with one attached hydrogen (secondary N) is 3. The van der Waals surface area contributed by atoms with Crippen molar-refractivity contribution in [3.05, 3.63) is 35.8 Å². The van der Waals surface area contributed by atoms with E-state index >= 15 is 0 Å². The summed E-state index contributed by atoms with van der Waals surface area (Å²) in [6.07, 6.45) is 3.64. The van der Waals surface area contributed by atoms with E-state index in [-0.39, 0.29) is 18.3 Å². The summed E-state index contributed by atoms with van der Waals surface area (Å²) in [5, 5.41) is 7.66. The molecule has 0 spiro atoms. The Balaban J connectivity index is 1.50. The lowest BCUT2D eigenvalue weighted by Crippen LogP contribution is -2.41. The summed E-state index contributed by atoms with van der Waals surface area (Å²) in [4.78, 5) is 23.4. The molecule has 0 atom stereocenters. The van der Waals surface area contributed by atoms with Gasteiger partial charge in [0.15, 0.2) is 5.96 Å². The molecule has 0 unspecified atom stereocenters. The first-order valence-electron chi connectivity index (χ1n) is 10.8. The number of aliphatic imine (C=N–C) groups is 1. The van der Waals surface area contributed by atoms with Crippen LogP contribution >= 0.6 is 0 Å². The van der Waals surface area contributed by atoms with Gasteiger partial charge in [-0.2, -0.15) is 0 Å². The zero-order valence-corrected chi connectivity index (χ0v) is 18.4. The molecule has 1 aromatic heterocycles. The fourth-order valence-corrected chi connectivity index (χ4v) is 3.48. The molecule has 1 aromatic carbocycles.